The lowest BCUT2D eigenvalue weighted by atomic mass is 9.79. The van der Waals surface area contributed by atoms with Gasteiger partial charge in [0.2, 0.25) is 5.91 Å². The van der Waals surface area contributed by atoms with Crippen LogP contribution in [0.25, 0.3) is 0 Å². The van der Waals surface area contributed by atoms with Crippen LogP contribution in [0.4, 0.5) is 10.5 Å². The van der Waals surface area contributed by atoms with Crippen molar-refractivity contribution in [2.45, 2.75) is 26.5 Å². The summed E-state index contributed by atoms with van der Waals surface area (Å²) in [6, 6.07) is 4.88. The molecule has 0 bridgehead atoms. The Bertz CT molecular complexity index is 760. The second-order valence-electron chi connectivity index (χ2n) is 5.82. The predicted molar refractivity (Wildman–Crippen MR) is 90.4 cm³/mol. The lowest BCUT2D eigenvalue weighted by molar-refractivity contribution is -0.111. The standard InChI is InChI=1S/C16H18BN3O4/c1-9-10(2)18-16(22)20-14(9)5-6-15(21)19-12-4-3-11-8-24-17(23)13(11)7-12/h3-7,10,23H,8H2,1-2H3,(H,19,21)(H2,18,20,22)/b6-5+. The molecule has 2 aliphatic rings. The number of allylic oxidation sites excluding steroid dienone is 1. The number of amides is 3. The molecule has 124 valence electrons. The summed E-state index contributed by atoms with van der Waals surface area (Å²) < 4.78 is 5.12. The first-order chi connectivity index (χ1) is 11.4. The summed E-state index contributed by atoms with van der Waals surface area (Å²) in [6.07, 6.45) is 2.93. The van der Waals surface area contributed by atoms with Crippen molar-refractivity contribution in [1.82, 2.24) is 10.6 Å². The largest absolute Gasteiger partial charge is 0.491 e. The number of anilines is 1. The summed E-state index contributed by atoms with van der Waals surface area (Å²) in [5.74, 6) is -0.330. The summed E-state index contributed by atoms with van der Waals surface area (Å²) in [4.78, 5) is 23.5. The number of benzene rings is 1. The third-order valence-electron chi connectivity index (χ3n) is 4.15. The van der Waals surface area contributed by atoms with Crippen LogP contribution in [0.2, 0.25) is 0 Å². The van der Waals surface area contributed by atoms with E-state index in [1.54, 1.807) is 18.2 Å². The number of carbonyl (C=O) groups is 2. The van der Waals surface area contributed by atoms with Gasteiger partial charge in [-0.05, 0) is 48.7 Å². The lowest BCUT2D eigenvalue weighted by Gasteiger charge is -2.24. The minimum atomic E-state index is -0.952. The van der Waals surface area contributed by atoms with E-state index < -0.39 is 7.12 Å². The Hall–Kier alpha value is -2.58. The van der Waals surface area contributed by atoms with E-state index in [1.165, 1.54) is 6.08 Å². The van der Waals surface area contributed by atoms with E-state index in [9.17, 15) is 14.6 Å². The maximum atomic E-state index is 12.1. The molecular weight excluding hydrogens is 309 g/mol. The Kier molecular flexibility index (Phi) is 4.41. The van der Waals surface area contributed by atoms with E-state index in [1.807, 2.05) is 19.9 Å². The molecule has 24 heavy (non-hydrogen) atoms. The van der Waals surface area contributed by atoms with Gasteiger partial charge in [0.05, 0.1) is 12.6 Å². The highest BCUT2D eigenvalue weighted by Crippen LogP contribution is 2.15. The summed E-state index contributed by atoms with van der Waals surface area (Å²) in [5.41, 5.74) is 3.69. The van der Waals surface area contributed by atoms with Gasteiger partial charge in [-0.3, -0.25) is 4.79 Å². The summed E-state index contributed by atoms with van der Waals surface area (Å²) in [5, 5.41) is 17.8. The third kappa shape index (κ3) is 3.34. The molecule has 3 amide bonds. The number of rotatable bonds is 3. The smallest absolute Gasteiger partial charge is 0.423 e. The minimum Gasteiger partial charge on any atom is -0.423 e. The SMILES string of the molecule is CC1=C(/C=C/C(=O)Nc2ccc3c(c2)B(O)OC3)NC(=O)NC1C. The Morgan fingerprint density at radius 3 is 3.08 bits per heavy atom. The number of hydrogen-bond acceptors (Lipinski definition) is 4. The fraction of sp³-hybridized carbons (Fsp3) is 0.250. The highest BCUT2D eigenvalue weighted by atomic mass is 16.5. The lowest BCUT2D eigenvalue weighted by Crippen LogP contribution is -2.46. The molecule has 4 N–H and O–H groups in total. The molecule has 0 aliphatic carbocycles. The van der Waals surface area contributed by atoms with Crippen LogP contribution >= 0.6 is 0 Å². The molecule has 2 heterocycles. The number of hydrogen-bond donors (Lipinski definition) is 4. The fourth-order valence-electron chi connectivity index (χ4n) is 2.60. The topological polar surface area (TPSA) is 99.7 Å². The van der Waals surface area contributed by atoms with Crippen molar-refractivity contribution < 1.29 is 19.3 Å². The van der Waals surface area contributed by atoms with Crippen molar-refractivity contribution in [3.8, 4) is 0 Å². The molecule has 8 heteroatoms. The quantitative estimate of drug-likeness (QED) is 0.476. The summed E-state index contributed by atoms with van der Waals surface area (Å²) in [6.45, 7) is 4.13. The normalized spacial score (nSPS) is 20.0. The van der Waals surface area contributed by atoms with Crippen molar-refractivity contribution in [3.63, 3.8) is 0 Å². The van der Waals surface area contributed by atoms with Gasteiger partial charge in [-0.25, -0.2) is 4.79 Å². The number of nitrogens with one attached hydrogen (secondary N) is 3. The van der Waals surface area contributed by atoms with Crippen molar-refractivity contribution in [2.24, 2.45) is 0 Å². The van der Waals surface area contributed by atoms with Crippen molar-refractivity contribution in [1.29, 1.82) is 0 Å². The van der Waals surface area contributed by atoms with Crippen LogP contribution in [0.15, 0.2) is 41.6 Å². The van der Waals surface area contributed by atoms with Gasteiger partial charge in [0.1, 0.15) is 0 Å². The highest BCUT2D eigenvalue weighted by molar-refractivity contribution is 6.61. The molecule has 1 atom stereocenters. The molecule has 3 rings (SSSR count). The van der Waals surface area contributed by atoms with E-state index in [0.717, 1.165) is 11.1 Å². The summed E-state index contributed by atoms with van der Waals surface area (Å²) in [7, 11) is -0.952. The van der Waals surface area contributed by atoms with Gasteiger partial charge in [0, 0.05) is 17.5 Å². The second kappa shape index (κ2) is 6.50. The molecule has 1 aromatic rings. The Morgan fingerprint density at radius 2 is 2.29 bits per heavy atom. The maximum Gasteiger partial charge on any atom is 0.491 e. The minimum absolute atomic E-state index is 0.0836. The summed E-state index contributed by atoms with van der Waals surface area (Å²) >= 11 is 0. The van der Waals surface area contributed by atoms with E-state index in [4.69, 9.17) is 4.65 Å². The van der Waals surface area contributed by atoms with Gasteiger partial charge in [0.15, 0.2) is 0 Å². The van der Waals surface area contributed by atoms with Gasteiger partial charge < -0.3 is 25.6 Å². The van der Waals surface area contributed by atoms with Crippen molar-refractivity contribution >= 4 is 30.2 Å². The van der Waals surface area contributed by atoms with Crippen LogP contribution < -0.4 is 21.4 Å². The third-order valence-corrected chi connectivity index (χ3v) is 4.15. The van der Waals surface area contributed by atoms with Crippen molar-refractivity contribution in [3.05, 3.63) is 47.2 Å². The Labute approximate surface area is 139 Å². The monoisotopic (exact) mass is 327 g/mol. The predicted octanol–water partition coefficient (Wildman–Crippen LogP) is 0.374. The molecule has 0 aromatic heterocycles. The first-order valence-electron chi connectivity index (χ1n) is 7.64. The molecule has 0 saturated heterocycles. The van der Waals surface area contributed by atoms with E-state index in [0.29, 0.717) is 23.5 Å². The molecule has 0 saturated carbocycles. The number of urea groups is 1. The van der Waals surface area contributed by atoms with E-state index in [-0.39, 0.29) is 18.0 Å². The van der Waals surface area contributed by atoms with Crippen LogP contribution in [0.5, 0.6) is 0 Å². The molecule has 2 aliphatic heterocycles. The molecule has 0 spiro atoms. The van der Waals surface area contributed by atoms with Crippen LogP contribution in [0.3, 0.4) is 0 Å². The van der Waals surface area contributed by atoms with Crippen LogP contribution in [-0.4, -0.2) is 30.1 Å². The van der Waals surface area contributed by atoms with Gasteiger partial charge >= 0.3 is 13.1 Å². The van der Waals surface area contributed by atoms with Crippen LogP contribution in [-0.2, 0) is 16.1 Å². The van der Waals surface area contributed by atoms with Gasteiger partial charge in [-0.15, -0.1) is 0 Å². The highest BCUT2D eigenvalue weighted by Gasteiger charge is 2.27. The molecule has 7 nitrogen and oxygen atoms in total. The van der Waals surface area contributed by atoms with Crippen molar-refractivity contribution in [2.75, 3.05) is 5.32 Å². The van der Waals surface area contributed by atoms with Crippen LogP contribution in [0, 0.1) is 0 Å². The number of fused-ring (bicyclic) bond motifs is 1. The van der Waals surface area contributed by atoms with E-state index in [2.05, 4.69) is 16.0 Å². The molecular formula is C16H18BN3O4. The van der Waals surface area contributed by atoms with Gasteiger partial charge in [-0.2, -0.15) is 0 Å². The zero-order valence-corrected chi connectivity index (χ0v) is 13.4. The number of carbonyl (C=O) groups excluding carboxylic acids is 2. The average molecular weight is 327 g/mol. The molecule has 1 aromatic carbocycles. The van der Waals surface area contributed by atoms with E-state index >= 15 is 0 Å². The fourth-order valence-corrected chi connectivity index (χ4v) is 2.60. The zero-order chi connectivity index (χ0) is 17.3. The molecule has 0 radical (unpaired) electrons. The maximum absolute atomic E-state index is 12.1. The zero-order valence-electron chi connectivity index (χ0n) is 13.4. The molecule has 1 unspecified atom stereocenters. The Morgan fingerprint density at radius 1 is 1.50 bits per heavy atom. The average Bonchev–Trinajstić information content (AvgIpc) is 2.90. The van der Waals surface area contributed by atoms with Gasteiger partial charge in [0.25, 0.3) is 0 Å². The van der Waals surface area contributed by atoms with Crippen LogP contribution in [0.1, 0.15) is 19.4 Å². The first kappa shape index (κ1) is 16.3. The molecule has 0 fully saturated rings. The Balaban J connectivity index is 1.69. The second-order valence-corrected chi connectivity index (χ2v) is 5.82. The first-order valence-corrected chi connectivity index (χ1v) is 7.64. The van der Waals surface area contributed by atoms with Gasteiger partial charge in [-0.1, -0.05) is 6.07 Å².